The summed E-state index contributed by atoms with van der Waals surface area (Å²) in [6.45, 7) is 2.85. The van der Waals surface area contributed by atoms with Crippen molar-refractivity contribution >= 4 is 33.4 Å². The average Bonchev–Trinajstić information content (AvgIpc) is 3.08. The molecule has 1 amide bonds. The van der Waals surface area contributed by atoms with Gasteiger partial charge in [-0.3, -0.25) is 4.79 Å². The Labute approximate surface area is 162 Å². The Hall–Kier alpha value is -1.91. The zero-order chi connectivity index (χ0) is 19.3. The fourth-order valence-corrected chi connectivity index (χ4v) is 4.97. The van der Waals surface area contributed by atoms with Crippen molar-refractivity contribution in [1.29, 1.82) is 0 Å². The Morgan fingerprint density at radius 2 is 1.93 bits per heavy atom. The molecule has 1 aliphatic heterocycles. The number of thioether (sulfide) groups is 1. The first-order valence-corrected chi connectivity index (χ1v) is 11.3. The highest BCUT2D eigenvalue weighted by atomic mass is 32.2. The maximum Gasteiger partial charge on any atom is 0.243 e. The lowest BCUT2D eigenvalue weighted by Crippen LogP contribution is -2.35. The molecule has 0 atom stereocenters. The third-order valence-electron chi connectivity index (χ3n) is 4.12. The van der Waals surface area contributed by atoms with Gasteiger partial charge in [-0.05, 0) is 37.1 Å². The van der Waals surface area contributed by atoms with Gasteiger partial charge in [0.05, 0.1) is 16.4 Å². The molecule has 0 unspecified atom stereocenters. The number of piperidine rings is 1. The van der Waals surface area contributed by atoms with Crippen molar-refractivity contribution in [2.75, 3.05) is 24.2 Å². The van der Waals surface area contributed by atoms with Gasteiger partial charge in [0.1, 0.15) is 0 Å². The van der Waals surface area contributed by atoms with E-state index < -0.39 is 10.0 Å². The predicted octanol–water partition coefficient (Wildman–Crippen LogP) is 2.42. The second-order valence-electron chi connectivity index (χ2n) is 6.26. The molecule has 8 nitrogen and oxygen atoms in total. The molecule has 0 bridgehead atoms. The van der Waals surface area contributed by atoms with Crippen molar-refractivity contribution in [3.05, 3.63) is 36.0 Å². The molecular weight excluding hydrogens is 388 g/mol. The molecule has 1 fully saturated rings. The van der Waals surface area contributed by atoms with Crippen LogP contribution in [0.2, 0.25) is 0 Å². The van der Waals surface area contributed by atoms with Crippen molar-refractivity contribution < 1.29 is 17.7 Å². The van der Waals surface area contributed by atoms with E-state index in [-0.39, 0.29) is 16.6 Å². The number of hydrogen-bond donors (Lipinski definition) is 1. The van der Waals surface area contributed by atoms with E-state index in [0.717, 1.165) is 19.3 Å². The number of benzene rings is 1. The van der Waals surface area contributed by atoms with Crippen LogP contribution < -0.4 is 5.32 Å². The number of anilines is 1. The van der Waals surface area contributed by atoms with Crippen LogP contribution in [-0.2, 0) is 20.6 Å². The van der Waals surface area contributed by atoms with Gasteiger partial charge >= 0.3 is 0 Å². The highest BCUT2D eigenvalue weighted by Crippen LogP contribution is 2.22. The van der Waals surface area contributed by atoms with Crippen LogP contribution in [0.1, 0.15) is 31.0 Å². The van der Waals surface area contributed by atoms with E-state index in [0.29, 0.717) is 36.2 Å². The SMILES string of the molecule is Cc1nc(CSCC(=O)Nc2ccc(S(=O)(=O)N3CCCCC3)cc2)no1. The molecule has 27 heavy (non-hydrogen) atoms. The van der Waals surface area contributed by atoms with Crippen LogP contribution in [0.5, 0.6) is 0 Å². The van der Waals surface area contributed by atoms with Crippen molar-refractivity contribution in [1.82, 2.24) is 14.4 Å². The summed E-state index contributed by atoms with van der Waals surface area (Å²) in [5.41, 5.74) is 0.564. The first kappa shape index (κ1) is 19.8. The van der Waals surface area contributed by atoms with Gasteiger partial charge in [0, 0.05) is 25.7 Å². The van der Waals surface area contributed by atoms with E-state index >= 15 is 0 Å². The fourth-order valence-electron chi connectivity index (χ4n) is 2.80. The number of carbonyl (C=O) groups is 1. The van der Waals surface area contributed by atoms with Crippen molar-refractivity contribution in [2.45, 2.75) is 36.8 Å². The maximum absolute atomic E-state index is 12.6. The largest absolute Gasteiger partial charge is 0.340 e. The third kappa shape index (κ3) is 5.30. The summed E-state index contributed by atoms with van der Waals surface area (Å²) < 4.78 is 31.6. The van der Waals surface area contributed by atoms with E-state index in [9.17, 15) is 13.2 Å². The third-order valence-corrected chi connectivity index (χ3v) is 6.97. The summed E-state index contributed by atoms with van der Waals surface area (Å²) in [5, 5.41) is 6.53. The van der Waals surface area contributed by atoms with Crippen LogP contribution in [-0.4, -0.2) is 47.6 Å². The Morgan fingerprint density at radius 3 is 2.56 bits per heavy atom. The molecule has 2 aromatic rings. The summed E-state index contributed by atoms with van der Waals surface area (Å²) in [5.74, 6) is 1.60. The monoisotopic (exact) mass is 410 g/mol. The summed E-state index contributed by atoms with van der Waals surface area (Å²) in [7, 11) is -3.46. The van der Waals surface area contributed by atoms with E-state index in [1.807, 2.05) is 0 Å². The Kier molecular flexibility index (Phi) is 6.51. The number of nitrogens with one attached hydrogen (secondary N) is 1. The van der Waals surface area contributed by atoms with Crippen LogP contribution in [0, 0.1) is 6.92 Å². The van der Waals surface area contributed by atoms with Crippen LogP contribution in [0.15, 0.2) is 33.7 Å². The Bertz CT molecular complexity index is 875. The number of amides is 1. The molecular formula is C17H22N4O4S2. The average molecular weight is 411 g/mol. The predicted molar refractivity (Wildman–Crippen MR) is 103 cm³/mol. The zero-order valence-corrected chi connectivity index (χ0v) is 16.7. The van der Waals surface area contributed by atoms with Crippen LogP contribution in [0.4, 0.5) is 5.69 Å². The van der Waals surface area contributed by atoms with Crippen molar-refractivity contribution in [2.24, 2.45) is 0 Å². The lowest BCUT2D eigenvalue weighted by Gasteiger charge is -2.25. The van der Waals surface area contributed by atoms with Gasteiger partial charge in [-0.1, -0.05) is 11.6 Å². The highest BCUT2D eigenvalue weighted by molar-refractivity contribution is 7.99. The van der Waals surface area contributed by atoms with E-state index in [1.54, 1.807) is 19.1 Å². The number of aryl methyl sites for hydroxylation is 1. The quantitative estimate of drug-likeness (QED) is 0.747. The zero-order valence-electron chi connectivity index (χ0n) is 15.1. The maximum atomic E-state index is 12.6. The van der Waals surface area contributed by atoms with Crippen LogP contribution in [0.3, 0.4) is 0 Å². The summed E-state index contributed by atoms with van der Waals surface area (Å²) in [4.78, 5) is 16.3. The lowest BCUT2D eigenvalue weighted by atomic mass is 10.2. The summed E-state index contributed by atoms with van der Waals surface area (Å²) >= 11 is 1.37. The van der Waals surface area contributed by atoms with Crippen LogP contribution in [0.25, 0.3) is 0 Å². The molecule has 1 aliphatic rings. The van der Waals surface area contributed by atoms with Gasteiger partial charge < -0.3 is 9.84 Å². The summed E-state index contributed by atoms with van der Waals surface area (Å²) in [6.07, 6.45) is 2.87. The number of rotatable bonds is 7. The minimum atomic E-state index is -3.46. The second kappa shape index (κ2) is 8.85. The summed E-state index contributed by atoms with van der Waals surface area (Å²) in [6, 6.07) is 6.30. The molecule has 1 N–H and O–H groups in total. The lowest BCUT2D eigenvalue weighted by molar-refractivity contribution is -0.113. The minimum Gasteiger partial charge on any atom is -0.340 e. The first-order valence-electron chi connectivity index (χ1n) is 8.72. The van der Waals surface area contributed by atoms with E-state index in [1.165, 1.54) is 28.2 Å². The minimum absolute atomic E-state index is 0.174. The molecule has 1 aromatic heterocycles. The first-order chi connectivity index (χ1) is 12.9. The van der Waals surface area contributed by atoms with Gasteiger partial charge in [-0.15, -0.1) is 11.8 Å². The molecule has 1 saturated heterocycles. The van der Waals surface area contributed by atoms with Crippen molar-refractivity contribution in [3.8, 4) is 0 Å². The number of carbonyl (C=O) groups excluding carboxylic acids is 1. The van der Waals surface area contributed by atoms with E-state index in [4.69, 9.17) is 4.52 Å². The van der Waals surface area contributed by atoms with Crippen LogP contribution >= 0.6 is 11.8 Å². The smallest absolute Gasteiger partial charge is 0.243 e. The topological polar surface area (TPSA) is 105 Å². The normalized spacial score (nSPS) is 15.6. The number of hydrogen-bond acceptors (Lipinski definition) is 7. The highest BCUT2D eigenvalue weighted by Gasteiger charge is 2.25. The standard InChI is InChI=1S/C17H22N4O4S2/c1-13-18-16(20-25-13)11-26-12-17(22)19-14-5-7-15(8-6-14)27(23,24)21-9-3-2-4-10-21/h5-8H,2-4,9-12H2,1H3,(H,19,22). The van der Waals surface area contributed by atoms with Gasteiger partial charge in [0.15, 0.2) is 5.82 Å². The molecule has 1 aromatic carbocycles. The van der Waals surface area contributed by atoms with Crippen molar-refractivity contribution in [3.63, 3.8) is 0 Å². The molecule has 2 heterocycles. The molecule has 10 heteroatoms. The van der Waals surface area contributed by atoms with Gasteiger partial charge in [0.2, 0.25) is 21.8 Å². The van der Waals surface area contributed by atoms with Gasteiger partial charge in [-0.25, -0.2) is 8.42 Å². The fraction of sp³-hybridized carbons (Fsp3) is 0.471. The second-order valence-corrected chi connectivity index (χ2v) is 9.18. The molecule has 0 saturated carbocycles. The van der Waals surface area contributed by atoms with Gasteiger partial charge in [0.25, 0.3) is 0 Å². The van der Waals surface area contributed by atoms with Gasteiger partial charge in [-0.2, -0.15) is 9.29 Å². The molecule has 0 radical (unpaired) electrons. The molecule has 0 aliphatic carbocycles. The Balaban J connectivity index is 1.51. The Morgan fingerprint density at radius 1 is 1.22 bits per heavy atom. The number of sulfonamides is 1. The molecule has 146 valence electrons. The number of aromatic nitrogens is 2. The van der Waals surface area contributed by atoms with E-state index in [2.05, 4.69) is 15.5 Å². The molecule has 3 rings (SSSR count). The molecule has 0 spiro atoms. The number of nitrogens with zero attached hydrogens (tertiary/aromatic N) is 3.